The quantitative estimate of drug-likeness (QED) is 0.846. The van der Waals surface area contributed by atoms with E-state index in [0.717, 1.165) is 19.3 Å². The molecule has 0 bridgehead atoms. The molecule has 2 aromatic rings. The lowest BCUT2D eigenvalue weighted by atomic mass is 9.85. The predicted molar refractivity (Wildman–Crippen MR) is 87.3 cm³/mol. The zero-order valence-corrected chi connectivity index (χ0v) is 13.4. The summed E-state index contributed by atoms with van der Waals surface area (Å²) in [5.74, 6) is 0.368. The van der Waals surface area contributed by atoms with Crippen LogP contribution in [0.1, 0.15) is 25.0 Å². The maximum absolute atomic E-state index is 13.1. The monoisotopic (exact) mass is 327 g/mol. The molecule has 1 fully saturated rings. The van der Waals surface area contributed by atoms with Crippen molar-refractivity contribution in [3.05, 3.63) is 54.4 Å². The summed E-state index contributed by atoms with van der Waals surface area (Å²) in [6.45, 7) is 0.437. The lowest BCUT2D eigenvalue weighted by Crippen LogP contribution is -2.38. The number of nitrogens with zero attached hydrogens (tertiary/aromatic N) is 3. The second-order valence-electron chi connectivity index (χ2n) is 5.63. The largest absolute Gasteiger partial charge is 0.267 e. The van der Waals surface area contributed by atoms with Gasteiger partial charge in [0.2, 0.25) is 0 Å². The molecule has 118 valence electrons. The minimum absolute atomic E-state index is 0.0364. The number of anilines is 1. The van der Waals surface area contributed by atoms with Gasteiger partial charge >= 0.3 is 0 Å². The highest BCUT2D eigenvalue weighted by Crippen LogP contribution is 2.32. The van der Waals surface area contributed by atoms with Gasteiger partial charge in [-0.25, -0.2) is 13.4 Å². The summed E-state index contributed by atoms with van der Waals surface area (Å²) in [7, 11) is -3.82. The van der Waals surface area contributed by atoms with E-state index in [1.165, 1.54) is 16.6 Å². The van der Waals surface area contributed by atoms with E-state index >= 15 is 0 Å². The van der Waals surface area contributed by atoms with Crippen molar-refractivity contribution >= 4 is 15.7 Å². The van der Waals surface area contributed by atoms with Crippen molar-refractivity contribution in [1.29, 1.82) is 5.26 Å². The molecule has 1 aliphatic rings. The summed E-state index contributed by atoms with van der Waals surface area (Å²) in [5, 5.41) is 9.18. The van der Waals surface area contributed by atoms with Crippen LogP contribution in [0.4, 0.5) is 5.69 Å². The van der Waals surface area contributed by atoms with Crippen molar-refractivity contribution in [1.82, 2.24) is 4.98 Å². The molecule has 0 unspecified atom stereocenters. The first-order valence-electron chi connectivity index (χ1n) is 7.56. The predicted octanol–water partition coefficient (Wildman–Crippen LogP) is 2.95. The number of hydrogen-bond acceptors (Lipinski definition) is 4. The van der Waals surface area contributed by atoms with Crippen LogP contribution in [-0.2, 0) is 10.0 Å². The number of benzene rings is 1. The minimum Gasteiger partial charge on any atom is -0.266 e. The summed E-state index contributed by atoms with van der Waals surface area (Å²) < 4.78 is 27.7. The first-order chi connectivity index (χ1) is 11.1. The van der Waals surface area contributed by atoms with Gasteiger partial charge in [-0.15, -0.1) is 0 Å². The van der Waals surface area contributed by atoms with E-state index in [-0.39, 0.29) is 10.6 Å². The third-order valence-corrected chi connectivity index (χ3v) is 5.96. The first-order valence-corrected chi connectivity index (χ1v) is 9.00. The molecule has 0 spiro atoms. The first kappa shape index (κ1) is 15.5. The smallest absolute Gasteiger partial charge is 0.266 e. The van der Waals surface area contributed by atoms with E-state index in [9.17, 15) is 13.7 Å². The van der Waals surface area contributed by atoms with Crippen LogP contribution >= 0.6 is 0 Å². The number of nitriles is 1. The van der Waals surface area contributed by atoms with Gasteiger partial charge in [0, 0.05) is 12.7 Å². The molecule has 1 aromatic heterocycles. The average Bonchev–Trinajstić information content (AvgIpc) is 2.54. The molecule has 23 heavy (non-hydrogen) atoms. The van der Waals surface area contributed by atoms with Crippen molar-refractivity contribution in [3.63, 3.8) is 0 Å². The lowest BCUT2D eigenvalue weighted by molar-refractivity contribution is 0.326. The van der Waals surface area contributed by atoms with Crippen LogP contribution in [0.2, 0.25) is 0 Å². The lowest BCUT2D eigenvalue weighted by Gasteiger charge is -2.33. The van der Waals surface area contributed by atoms with E-state index in [2.05, 4.69) is 4.98 Å². The molecule has 0 atom stereocenters. The molecule has 0 aliphatic heterocycles. The summed E-state index contributed by atoms with van der Waals surface area (Å²) in [5.41, 5.74) is 0.550. The Morgan fingerprint density at radius 2 is 1.91 bits per heavy atom. The molecule has 0 saturated heterocycles. The molecule has 6 heteroatoms. The Kier molecular flexibility index (Phi) is 4.30. The third-order valence-electron chi connectivity index (χ3n) is 4.14. The Labute approximate surface area is 136 Å². The maximum Gasteiger partial charge on any atom is 0.267 e. The molecular weight excluding hydrogens is 310 g/mol. The van der Waals surface area contributed by atoms with E-state index in [1.54, 1.807) is 18.2 Å². The standard InChI is InChI=1S/C17H17N3O2S/c18-12-16-17(10-5-11-19-16)23(21,22)20(13-14-6-4-7-14)15-8-2-1-3-9-15/h1-3,5,8-11,14H,4,6-7,13H2. The van der Waals surface area contributed by atoms with Crippen LogP contribution in [0.3, 0.4) is 0 Å². The Balaban J connectivity index is 2.06. The van der Waals surface area contributed by atoms with Crippen molar-refractivity contribution in [3.8, 4) is 6.07 Å². The minimum atomic E-state index is -3.82. The highest BCUT2D eigenvalue weighted by molar-refractivity contribution is 7.92. The van der Waals surface area contributed by atoms with E-state index < -0.39 is 10.0 Å². The fraction of sp³-hybridized carbons (Fsp3) is 0.294. The zero-order valence-electron chi connectivity index (χ0n) is 12.6. The highest BCUT2D eigenvalue weighted by Gasteiger charge is 2.31. The van der Waals surface area contributed by atoms with Crippen molar-refractivity contribution < 1.29 is 8.42 Å². The summed E-state index contributed by atoms with van der Waals surface area (Å²) >= 11 is 0. The molecule has 3 rings (SSSR count). The van der Waals surface area contributed by atoms with Crippen LogP contribution in [0.15, 0.2) is 53.6 Å². The highest BCUT2D eigenvalue weighted by atomic mass is 32.2. The molecule has 1 heterocycles. The molecule has 1 aromatic carbocycles. The molecule has 0 radical (unpaired) electrons. The van der Waals surface area contributed by atoms with E-state index in [1.807, 2.05) is 24.3 Å². The van der Waals surface area contributed by atoms with Crippen LogP contribution in [-0.4, -0.2) is 19.9 Å². The molecule has 5 nitrogen and oxygen atoms in total. The van der Waals surface area contributed by atoms with Gasteiger partial charge in [-0.05, 0) is 43.0 Å². The summed E-state index contributed by atoms with van der Waals surface area (Å²) in [6.07, 6.45) is 4.65. The molecule has 0 amide bonds. The number of sulfonamides is 1. The van der Waals surface area contributed by atoms with Gasteiger partial charge in [-0.1, -0.05) is 24.6 Å². The van der Waals surface area contributed by atoms with Crippen molar-refractivity contribution in [2.75, 3.05) is 10.8 Å². The average molecular weight is 327 g/mol. The Morgan fingerprint density at radius 1 is 1.17 bits per heavy atom. The van der Waals surface area contributed by atoms with Gasteiger partial charge in [-0.3, -0.25) is 4.31 Å². The second kappa shape index (κ2) is 6.39. The van der Waals surface area contributed by atoms with Gasteiger partial charge in [0.1, 0.15) is 11.0 Å². The normalized spacial score (nSPS) is 14.7. The van der Waals surface area contributed by atoms with Gasteiger partial charge in [0.05, 0.1) is 5.69 Å². The zero-order chi connectivity index (χ0) is 16.3. The summed E-state index contributed by atoms with van der Waals surface area (Å²) in [6, 6.07) is 13.9. The fourth-order valence-corrected chi connectivity index (χ4v) is 4.28. The topological polar surface area (TPSA) is 74.1 Å². The number of para-hydroxylation sites is 1. The van der Waals surface area contributed by atoms with Gasteiger partial charge < -0.3 is 0 Å². The third kappa shape index (κ3) is 3.06. The molecule has 0 N–H and O–H groups in total. The van der Waals surface area contributed by atoms with E-state index in [0.29, 0.717) is 18.2 Å². The number of aromatic nitrogens is 1. The van der Waals surface area contributed by atoms with Gasteiger partial charge in [0.15, 0.2) is 5.69 Å². The van der Waals surface area contributed by atoms with Gasteiger partial charge in [0.25, 0.3) is 10.0 Å². The number of pyridine rings is 1. The van der Waals surface area contributed by atoms with Crippen LogP contribution in [0, 0.1) is 17.2 Å². The summed E-state index contributed by atoms with van der Waals surface area (Å²) in [4.78, 5) is 3.85. The van der Waals surface area contributed by atoms with Crippen molar-refractivity contribution in [2.24, 2.45) is 5.92 Å². The molecule has 1 saturated carbocycles. The van der Waals surface area contributed by atoms with Crippen molar-refractivity contribution in [2.45, 2.75) is 24.2 Å². The molecular formula is C17H17N3O2S. The number of hydrogen-bond donors (Lipinski definition) is 0. The SMILES string of the molecule is N#Cc1ncccc1S(=O)(=O)N(CC1CCC1)c1ccccc1. The Morgan fingerprint density at radius 3 is 2.52 bits per heavy atom. The van der Waals surface area contributed by atoms with Crippen LogP contribution < -0.4 is 4.31 Å². The number of rotatable bonds is 5. The maximum atomic E-state index is 13.1. The Hall–Kier alpha value is -2.39. The van der Waals surface area contributed by atoms with Crippen LogP contribution in [0.25, 0.3) is 0 Å². The fourth-order valence-electron chi connectivity index (χ4n) is 2.65. The Bertz CT molecular complexity index is 824. The van der Waals surface area contributed by atoms with Crippen LogP contribution in [0.5, 0.6) is 0 Å². The van der Waals surface area contributed by atoms with E-state index in [4.69, 9.17) is 0 Å². The second-order valence-corrected chi connectivity index (χ2v) is 7.46. The van der Waals surface area contributed by atoms with Gasteiger partial charge in [-0.2, -0.15) is 5.26 Å². The molecule has 1 aliphatic carbocycles.